The molecule has 0 aliphatic carbocycles. The van der Waals surface area contributed by atoms with Gasteiger partial charge in [-0.1, -0.05) is 0 Å². The highest BCUT2D eigenvalue weighted by molar-refractivity contribution is 7.92. The molecule has 0 heterocycles. The maximum atomic E-state index is 11.7. The fourth-order valence-electron chi connectivity index (χ4n) is 0.895. The normalized spacial score (nSPS) is 14.0. The summed E-state index contributed by atoms with van der Waals surface area (Å²) in [7, 11) is -6.11. The van der Waals surface area contributed by atoms with Gasteiger partial charge in [-0.3, -0.25) is 0 Å². The molecule has 98 valence electrons. The Balaban J connectivity index is 3.94. The molecule has 0 rings (SSSR count). The topological polar surface area (TPSA) is 80.3 Å². The third kappa shape index (κ3) is 6.44. The molecule has 1 N–H and O–H groups in total. The molecule has 7 heteroatoms. The first-order valence-electron chi connectivity index (χ1n) is 5.06. The number of sulfone groups is 2. The molecule has 0 aromatic heterocycles. The van der Waals surface area contributed by atoms with Gasteiger partial charge in [-0.2, -0.15) is 0 Å². The fraction of sp³-hybridized carbons (Fsp3) is 1.00. The molecule has 0 amide bonds. The van der Waals surface area contributed by atoms with Gasteiger partial charge in [-0.15, -0.1) is 0 Å². The van der Waals surface area contributed by atoms with E-state index in [1.54, 1.807) is 20.8 Å². The van der Waals surface area contributed by atoms with Crippen LogP contribution in [0.15, 0.2) is 0 Å². The van der Waals surface area contributed by atoms with Crippen molar-refractivity contribution in [2.24, 2.45) is 0 Å². The lowest BCUT2D eigenvalue weighted by atomic mass is 10.3. The van der Waals surface area contributed by atoms with Crippen LogP contribution >= 0.6 is 0 Å². The van der Waals surface area contributed by atoms with Crippen molar-refractivity contribution in [3.8, 4) is 0 Å². The van der Waals surface area contributed by atoms with E-state index in [0.717, 1.165) is 6.26 Å². The van der Waals surface area contributed by atoms with Gasteiger partial charge in [0.2, 0.25) is 0 Å². The van der Waals surface area contributed by atoms with Crippen LogP contribution in [0.25, 0.3) is 0 Å². The summed E-state index contributed by atoms with van der Waals surface area (Å²) in [6, 6.07) is 0. The summed E-state index contributed by atoms with van der Waals surface area (Å²) in [4.78, 5) is 0. The highest BCUT2D eigenvalue weighted by atomic mass is 32.2. The van der Waals surface area contributed by atoms with Gasteiger partial charge in [0.05, 0.1) is 16.3 Å². The summed E-state index contributed by atoms with van der Waals surface area (Å²) in [5, 5.41) is 2.81. The molecule has 0 radical (unpaired) electrons. The molecular weight excluding hydrogens is 250 g/mol. The van der Waals surface area contributed by atoms with Crippen molar-refractivity contribution in [2.75, 3.05) is 30.9 Å². The van der Waals surface area contributed by atoms with E-state index in [9.17, 15) is 16.8 Å². The van der Waals surface area contributed by atoms with Gasteiger partial charge in [0.1, 0.15) is 9.84 Å². The third-order valence-electron chi connectivity index (χ3n) is 2.13. The lowest BCUT2D eigenvalue weighted by Gasteiger charge is -2.19. The standard InChI is InChI=1S/C9H21NO4S2/c1-9(2,3)16(13,14)8-6-10-5-7-15(4,11)12/h10H,5-8H2,1-4H3. The maximum absolute atomic E-state index is 11.7. The largest absolute Gasteiger partial charge is 0.315 e. The Morgan fingerprint density at radius 3 is 1.75 bits per heavy atom. The van der Waals surface area contributed by atoms with Crippen LogP contribution in [-0.4, -0.2) is 52.4 Å². The summed E-state index contributed by atoms with van der Waals surface area (Å²) < 4.78 is 44.1. The predicted octanol–water partition coefficient (Wildman–Crippen LogP) is -0.166. The summed E-state index contributed by atoms with van der Waals surface area (Å²) in [5.74, 6) is 0.0584. The first kappa shape index (κ1) is 15.9. The van der Waals surface area contributed by atoms with Crippen LogP contribution in [0.4, 0.5) is 0 Å². The minimum atomic E-state index is -3.13. The minimum absolute atomic E-state index is 0.0280. The van der Waals surface area contributed by atoms with Crippen LogP contribution < -0.4 is 5.32 Å². The molecule has 0 saturated heterocycles. The van der Waals surface area contributed by atoms with Gasteiger partial charge in [-0.05, 0) is 20.8 Å². The van der Waals surface area contributed by atoms with E-state index in [1.165, 1.54) is 0 Å². The second-order valence-electron chi connectivity index (χ2n) is 4.81. The summed E-state index contributed by atoms with van der Waals surface area (Å²) >= 11 is 0. The second kappa shape index (κ2) is 5.46. The molecule has 0 spiro atoms. The SMILES string of the molecule is CC(C)(C)S(=O)(=O)CCNCCS(C)(=O)=O. The molecule has 0 unspecified atom stereocenters. The Kier molecular flexibility index (Phi) is 5.41. The molecule has 0 bridgehead atoms. The quantitative estimate of drug-likeness (QED) is 0.679. The zero-order valence-electron chi connectivity index (χ0n) is 10.3. The first-order valence-corrected chi connectivity index (χ1v) is 8.78. The fourth-order valence-corrected chi connectivity index (χ4v) is 2.44. The van der Waals surface area contributed by atoms with Gasteiger partial charge in [-0.25, -0.2) is 16.8 Å². The zero-order chi connectivity index (χ0) is 13.0. The zero-order valence-corrected chi connectivity index (χ0v) is 11.9. The predicted molar refractivity (Wildman–Crippen MR) is 66.1 cm³/mol. The third-order valence-corrected chi connectivity index (χ3v) is 5.68. The lowest BCUT2D eigenvalue weighted by Crippen LogP contribution is -2.35. The van der Waals surface area contributed by atoms with E-state index >= 15 is 0 Å². The van der Waals surface area contributed by atoms with E-state index in [2.05, 4.69) is 5.32 Å². The van der Waals surface area contributed by atoms with Crippen molar-refractivity contribution in [2.45, 2.75) is 25.5 Å². The second-order valence-corrected chi connectivity index (χ2v) is 9.93. The smallest absolute Gasteiger partial charge is 0.156 e. The maximum Gasteiger partial charge on any atom is 0.156 e. The summed E-state index contributed by atoms with van der Waals surface area (Å²) in [5.41, 5.74) is 0. The van der Waals surface area contributed by atoms with Crippen LogP contribution in [0.1, 0.15) is 20.8 Å². The number of hydrogen-bond acceptors (Lipinski definition) is 5. The Hall–Kier alpha value is -0.140. The van der Waals surface area contributed by atoms with Crippen molar-refractivity contribution in [1.29, 1.82) is 0 Å². The van der Waals surface area contributed by atoms with Gasteiger partial charge in [0.25, 0.3) is 0 Å². The van der Waals surface area contributed by atoms with Crippen molar-refractivity contribution in [3.63, 3.8) is 0 Å². The molecule has 0 fully saturated rings. The van der Waals surface area contributed by atoms with Crippen LogP contribution in [0.5, 0.6) is 0 Å². The molecule has 0 saturated carbocycles. The van der Waals surface area contributed by atoms with Gasteiger partial charge in [0.15, 0.2) is 9.84 Å². The number of hydrogen-bond donors (Lipinski definition) is 1. The summed E-state index contributed by atoms with van der Waals surface area (Å²) in [6.45, 7) is 5.53. The molecule has 0 aromatic rings. The number of rotatable bonds is 6. The highest BCUT2D eigenvalue weighted by Crippen LogP contribution is 2.14. The van der Waals surface area contributed by atoms with Crippen molar-refractivity contribution < 1.29 is 16.8 Å². The Morgan fingerprint density at radius 2 is 1.38 bits per heavy atom. The van der Waals surface area contributed by atoms with Crippen molar-refractivity contribution >= 4 is 19.7 Å². The molecule has 0 aliphatic rings. The average molecular weight is 271 g/mol. The number of nitrogens with one attached hydrogen (secondary N) is 1. The molecule has 0 aromatic carbocycles. The highest BCUT2D eigenvalue weighted by Gasteiger charge is 2.27. The van der Waals surface area contributed by atoms with Crippen molar-refractivity contribution in [1.82, 2.24) is 5.32 Å². The van der Waals surface area contributed by atoms with E-state index < -0.39 is 24.4 Å². The molecular formula is C9H21NO4S2. The van der Waals surface area contributed by atoms with Gasteiger partial charge in [0, 0.05) is 19.3 Å². The monoisotopic (exact) mass is 271 g/mol. The Morgan fingerprint density at radius 1 is 0.938 bits per heavy atom. The minimum Gasteiger partial charge on any atom is -0.315 e. The first-order chi connectivity index (χ1) is 6.96. The Labute approximate surface area is 98.5 Å². The van der Waals surface area contributed by atoms with E-state index in [0.29, 0.717) is 6.54 Å². The van der Waals surface area contributed by atoms with Crippen LogP contribution in [0.3, 0.4) is 0 Å². The summed E-state index contributed by atoms with van der Waals surface area (Å²) in [6.07, 6.45) is 1.15. The Bertz CT molecular complexity index is 403. The van der Waals surface area contributed by atoms with E-state index in [-0.39, 0.29) is 18.1 Å². The van der Waals surface area contributed by atoms with Crippen LogP contribution in [0, 0.1) is 0 Å². The van der Waals surface area contributed by atoms with Crippen LogP contribution in [-0.2, 0) is 19.7 Å². The average Bonchev–Trinajstić information content (AvgIpc) is 1.98. The van der Waals surface area contributed by atoms with Gasteiger partial charge >= 0.3 is 0 Å². The van der Waals surface area contributed by atoms with Crippen molar-refractivity contribution in [3.05, 3.63) is 0 Å². The van der Waals surface area contributed by atoms with Crippen LogP contribution in [0.2, 0.25) is 0 Å². The van der Waals surface area contributed by atoms with E-state index in [1.807, 2.05) is 0 Å². The molecule has 0 atom stereocenters. The van der Waals surface area contributed by atoms with Gasteiger partial charge < -0.3 is 5.32 Å². The lowest BCUT2D eigenvalue weighted by molar-refractivity contribution is 0.556. The molecule has 0 aliphatic heterocycles. The van der Waals surface area contributed by atoms with E-state index in [4.69, 9.17) is 0 Å². The molecule has 5 nitrogen and oxygen atoms in total. The molecule has 16 heavy (non-hydrogen) atoms.